The first-order chi connectivity index (χ1) is 11.7. The normalized spacial score (nSPS) is 21.0. The molecule has 0 bridgehead atoms. The second-order valence-electron chi connectivity index (χ2n) is 6.73. The van der Waals surface area contributed by atoms with Crippen LogP contribution in [0, 0.1) is 0 Å². The number of hydrogen-bond donors (Lipinski definition) is 0. The Bertz CT molecular complexity index is 781. The van der Waals surface area contributed by atoms with E-state index in [0.717, 1.165) is 32.4 Å². The highest BCUT2D eigenvalue weighted by atomic mass is 16.2. The van der Waals surface area contributed by atoms with Crippen LogP contribution in [0.25, 0.3) is 10.8 Å². The van der Waals surface area contributed by atoms with Crippen LogP contribution in [0.5, 0.6) is 0 Å². The molecule has 2 fully saturated rings. The van der Waals surface area contributed by atoms with E-state index < -0.39 is 0 Å². The van der Waals surface area contributed by atoms with Gasteiger partial charge in [-0.05, 0) is 35.6 Å². The van der Waals surface area contributed by atoms with Crippen molar-refractivity contribution in [1.82, 2.24) is 9.80 Å². The lowest BCUT2D eigenvalue weighted by Crippen LogP contribution is -2.40. The molecule has 24 heavy (non-hydrogen) atoms. The molecule has 0 saturated carbocycles. The quantitative estimate of drug-likeness (QED) is 0.871. The molecular weight excluding hydrogens is 300 g/mol. The highest BCUT2D eigenvalue weighted by molar-refractivity contribution is 5.88. The molecule has 2 aliphatic heterocycles. The van der Waals surface area contributed by atoms with E-state index in [1.807, 2.05) is 11.0 Å². The molecule has 4 heteroatoms. The van der Waals surface area contributed by atoms with E-state index in [2.05, 4.69) is 36.4 Å². The lowest BCUT2D eigenvalue weighted by atomic mass is 9.97. The summed E-state index contributed by atoms with van der Waals surface area (Å²) >= 11 is 0. The van der Waals surface area contributed by atoms with Crippen molar-refractivity contribution in [2.75, 3.05) is 19.6 Å². The van der Waals surface area contributed by atoms with E-state index in [4.69, 9.17) is 0 Å². The Hall–Kier alpha value is -2.36. The molecule has 4 nitrogen and oxygen atoms in total. The standard InChI is InChI=1S/C20H22N2O2/c23-19-11-5-12-21(19)14-20(24)22-13-4-10-18(22)17-9-3-7-15-6-1-2-8-16(15)17/h1-3,6-9,18H,4-5,10-14H2/t18-/m1/s1. The Morgan fingerprint density at radius 2 is 1.88 bits per heavy atom. The van der Waals surface area contributed by atoms with Gasteiger partial charge in [-0.3, -0.25) is 9.59 Å². The van der Waals surface area contributed by atoms with Gasteiger partial charge in [0.1, 0.15) is 0 Å². The molecule has 2 amide bonds. The summed E-state index contributed by atoms with van der Waals surface area (Å²) in [5.74, 6) is 0.199. The number of carbonyl (C=O) groups excluding carboxylic acids is 2. The average molecular weight is 322 g/mol. The van der Waals surface area contributed by atoms with E-state index >= 15 is 0 Å². The number of fused-ring (bicyclic) bond motifs is 1. The molecule has 124 valence electrons. The highest BCUT2D eigenvalue weighted by Crippen LogP contribution is 2.36. The smallest absolute Gasteiger partial charge is 0.242 e. The van der Waals surface area contributed by atoms with Gasteiger partial charge in [0, 0.05) is 19.5 Å². The zero-order valence-electron chi connectivity index (χ0n) is 13.8. The zero-order chi connectivity index (χ0) is 16.5. The summed E-state index contributed by atoms with van der Waals surface area (Å²) in [4.78, 5) is 28.3. The number of hydrogen-bond acceptors (Lipinski definition) is 2. The van der Waals surface area contributed by atoms with Gasteiger partial charge in [-0.25, -0.2) is 0 Å². The van der Waals surface area contributed by atoms with Crippen LogP contribution in [0.3, 0.4) is 0 Å². The second-order valence-corrected chi connectivity index (χ2v) is 6.73. The topological polar surface area (TPSA) is 40.6 Å². The van der Waals surface area contributed by atoms with Gasteiger partial charge in [-0.15, -0.1) is 0 Å². The maximum absolute atomic E-state index is 12.8. The molecule has 2 saturated heterocycles. The molecule has 0 spiro atoms. The maximum Gasteiger partial charge on any atom is 0.242 e. The lowest BCUT2D eigenvalue weighted by Gasteiger charge is -2.28. The van der Waals surface area contributed by atoms with Crippen molar-refractivity contribution in [3.05, 3.63) is 48.0 Å². The van der Waals surface area contributed by atoms with Crippen molar-refractivity contribution >= 4 is 22.6 Å². The Morgan fingerprint density at radius 3 is 2.71 bits per heavy atom. The minimum atomic E-state index is 0.0840. The van der Waals surface area contributed by atoms with Crippen molar-refractivity contribution in [2.24, 2.45) is 0 Å². The summed E-state index contributed by atoms with van der Waals surface area (Å²) in [6.07, 6.45) is 3.47. The van der Waals surface area contributed by atoms with Crippen molar-refractivity contribution in [3.63, 3.8) is 0 Å². The first-order valence-electron chi connectivity index (χ1n) is 8.79. The van der Waals surface area contributed by atoms with Gasteiger partial charge >= 0.3 is 0 Å². The van der Waals surface area contributed by atoms with E-state index in [0.29, 0.717) is 6.42 Å². The van der Waals surface area contributed by atoms with Crippen LogP contribution in [0.4, 0.5) is 0 Å². The predicted octanol–water partition coefficient (Wildman–Crippen LogP) is 3.13. The Balaban J connectivity index is 1.60. The minimum Gasteiger partial charge on any atom is -0.334 e. The summed E-state index contributed by atoms with van der Waals surface area (Å²) in [7, 11) is 0. The number of carbonyl (C=O) groups is 2. The van der Waals surface area contributed by atoms with Crippen molar-refractivity contribution in [3.8, 4) is 0 Å². The predicted molar refractivity (Wildman–Crippen MR) is 93.5 cm³/mol. The molecule has 0 aromatic heterocycles. The first kappa shape index (κ1) is 15.2. The van der Waals surface area contributed by atoms with Crippen LogP contribution in [0.15, 0.2) is 42.5 Å². The van der Waals surface area contributed by atoms with Crippen molar-refractivity contribution in [1.29, 1.82) is 0 Å². The van der Waals surface area contributed by atoms with E-state index in [-0.39, 0.29) is 24.4 Å². The molecule has 0 aliphatic carbocycles. The number of benzene rings is 2. The molecule has 0 N–H and O–H groups in total. The van der Waals surface area contributed by atoms with Gasteiger partial charge in [0.15, 0.2) is 0 Å². The molecule has 2 aliphatic rings. The van der Waals surface area contributed by atoms with E-state index in [1.165, 1.54) is 16.3 Å². The van der Waals surface area contributed by atoms with Crippen LogP contribution >= 0.6 is 0 Å². The summed E-state index contributed by atoms with van der Waals surface area (Å²) < 4.78 is 0. The van der Waals surface area contributed by atoms with Crippen LogP contribution in [-0.4, -0.2) is 41.2 Å². The second kappa shape index (κ2) is 6.27. The Morgan fingerprint density at radius 1 is 1.04 bits per heavy atom. The van der Waals surface area contributed by atoms with Crippen molar-refractivity contribution in [2.45, 2.75) is 31.7 Å². The SMILES string of the molecule is O=C1CCCN1CC(=O)N1CCC[C@@H]1c1cccc2ccccc12. The highest BCUT2D eigenvalue weighted by Gasteiger charge is 2.33. The van der Waals surface area contributed by atoms with Crippen LogP contribution in [0.1, 0.15) is 37.3 Å². The minimum absolute atomic E-state index is 0.0840. The number of likely N-dealkylation sites (tertiary alicyclic amines) is 2. The van der Waals surface area contributed by atoms with Gasteiger partial charge in [0.25, 0.3) is 0 Å². The molecule has 0 unspecified atom stereocenters. The van der Waals surface area contributed by atoms with Crippen molar-refractivity contribution < 1.29 is 9.59 Å². The van der Waals surface area contributed by atoms with E-state index in [1.54, 1.807) is 4.90 Å². The zero-order valence-corrected chi connectivity index (χ0v) is 13.8. The lowest BCUT2D eigenvalue weighted by molar-refractivity contribution is -0.139. The first-order valence-corrected chi connectivity index (χ1v) is 8.79. The number of rotatable bonds is 3. The summed E-state index contributed by atoms with van der Waals surface area (Å²) in [5, 5.41) is 2.44. The van der Waals surface area contributed by atoms with Gasteiger partial charge in [-0.1, -0.05) is 42.5 Å². The third-order valence-corrected chi connectivity index (χ3v) is 5.25. The largest absolute Gasteiger partial charge is 0.334 e. The van der Waals surface area contributed by atoms with Crippen LogP contribution < -0.4 is 0 Å². The fourth-order valence-corrected chi connectivity index (χ4v) is 4.05. The van der Waals surface area contributed by atoms with Gasteiger partial charge in [-0.2, -0.15) is 0 Å². The summed E-state index contributed by atoms with van der Waals surface area (Å²) in [6.45, 7) is 1.74. The van der Waals surface area contributed by atoms with Gasteiger partial charge < -0.3 is 9.80 Å². The fraction of sp³-hybridized carbons (Fsp3) is 0.400. The monoisotopic (exact) mass is 322 g/mol. The van der Waals surface area contributed by atoms with Crippen LogP contribution in [0.2, 0.25) is 0 Å². The third kappa shape index (κ3) is 2.66. The molecular formula is C20H22N2O2. The van der Waals surface area contributed by atoms with Gasteiger partial charge in [0.05, 0.1) is 12.6 Å². The summed E-state index contributed by atoms with van der Waals surface area (Å²) in [6, 6.07) is 14.8. The number of nitrogens with zero attached hydrogens (tertiary/aromatic N) is 2. The molecule has 4 rings (SSSR count). The fourth-order valence-electron chi connectivity index (χ4n) is 4.05. The Labute approximate surface area is 142 Å². The van der Waals surface area contributed by atoms with Crippen LogP contribution in [-0.2, 0) is 9.59 Å². The summed E-state index contributed by atoms with van der Waals surface area (Å²) in [5.41, 5.74) is 1.23. The molecule has 2 aromatic rings. The molecule has 2 heterocycles. The van der Waals surface area contributed by atoms with E-state index in [9.17, 15) is 9.59 Å². The third-order valence-electron chi connectivity index (χ3n) is 5.25. The molecule has 2 aromatic carbocycles. The molecule has 0 radical (unpaired) electrons. The molecule has 1 atom stereocenters. The average Bonchev–Trinajstić information content (AvgIpc) is 3.24. The Kier molecular flexibility index (Phi) is 3.97. The van der Waals surface area contributed by atoms with Gasteiger partial charge in [0.2, 0.25) is 11.8 Å². The number of amides is 2. The maximum atomic E-state index is 12.8.